The molecule has 0 fully saturated rings. The Bertz CT molecular complexity index is 1190. The van der Waals surface area contributed by atoms with Gasteiger partial charge in [0.15, 0.2) is 5.16 Å². The Morgan fingerprint density at radius 3 is 2.64 bits per heavy atom. The number of amides is 1. The molecule has 33 heavy (non-hydrogen) atoms. The van der Waals surface area contributed by atoms with Crippen LogP contribution in [0, 0.1) is 0 Å². The number of carbonyl (C=O) groups excluding carboxylic acids is 1. The van der Waals surface area contributed by atoms with E-state index < -0.39 is 0 Å². The highest BCUT2D eigenvalue weighted by Crippen LogP contribution is 2.26. The van der Waals surface area contributed by atoms with Crippen LogP contribution in [-0.4, -0.2) is 49.9 Å². The van der Waals surface area contributed by atoms with Gasteiger partial charge in [-0.3, -0.25) is 4.79 Å². The van der Waals surface area contributed by atoms with Crippen molar-refractivity contribution in [3.8, 4) is 16.9 Å². The maximum Gasteiger partial charge on any atom is 0.236 e. The van der Waals surface area contributed by atoms with Crippen LogP contribution in [0.2, 0.25) is 0 Å². The second-order valence-electron chi connectivity index (χ2n) is 7.35. The predicted molar refractivity (Wildman–Crippen MR) is 130 cm³/mol. The lowest BCUT2D eigenvalue weighted by Crippen LogP contribution is -2.17. The highest BCUT2D eigenvalue weighted by molar-refractivity contribution is 7.99. The molecule has 0 unspecified atom stereocenters. The fourth-order valence-electron chi connectivity index (χ4n) is 3.30. The topological polar surface area (TPSA) is 86.9 Å². The van der Waals surface area contributed by atoms with Gasteiger partial charge in [-0.2, -0.15) is 5.10 Å². The molecule has 2 aromatic carbocycles. The first-order valence-corrected chi connectivity index (χ1v) is 11.7. The Balaban J connectivity index is 1.52. The molecule has 170 valence electrons. The summed E-state index contributed by atoms with van der Waals surface area (Å²) in [7, 11) is 1.65. The molecular weight excluding hydrogens is 436 g/mol. The first kappa shape index (κ1) is 22.8. The number of nitrogens with one attached hydrogen (secondary N) is 1. The van der Waals surface area contributed by atoms with E-state index in [1.807, 2.05) is 41.0 Å². The number of carbonyl (C=O) groups is 1. The maximum absolute atomic E-state index is 12.8. The van der Waals surface area contributed by atoms with Crippen molar-refractivity contribution in [3.63, 3.8) is 0 Å². The van der Waals surface area contributed by atoms with Gasteiger partial charge in [0.05, 0.1) is 23.7 Å². The van der Waals surface area contributed by atoms with Crippen LogP contribution in [0.15, 0.2) is 72.1 Å². The van der Waals surface area contributed by atoms with Crippen molar-refractivity contribution >= 4 is 23.5 Å². The van der Waals surface area contributed by atoms with Gasteiger partial charge in [0.25, 0.3) is 0 Å². The van der Waals surface area contributed by atoms with Gasteiger partial charge < -0.3 is 14.6 Å². The average molecular weight is 463 g/mol. The van der Waals surface area contributed by atoms with E-state index in [0.29, 0.717) is 24.1 Å². The third-order valence-electron chi connectivity index (χ3n) is 5.08. The smallest absolute Gasteiger partial charge is 0.236 e. The fourth-order valence-corrected chi connectivity index (χ4v) is 4.04. The Hall–Kier alpha value is -3.43. The minimum atomic E-state index is -0.147. The van der Waals surface area contributed by atoms with Crippen LogP contribution in [0.4, 0.5) is 5.82 Å². The van der Waals surface area contributed by atoms with Crippen LogP contribution in [0.1, 0.15) is 12.5 Å². The van der Waals surface area contributed by atoms with Gasteiger partial charge in [-0.1, -0.05) is 61.2 Å². The third-order valence-corrected chi connectivity index (χ3v) is 6.07. The quantitative estimate of drug-likeness (QED) is 0.358. The van der Waals surface area contributed by atoms with E-state index in [0.717, 1.165) is 23.4 Å². The number of rotatable bonds is 10. The SMILES string of the molecule is CCc1ccc(-c2cc(NC(=O)CSc3nncn3CCOC)n(-c3ccccc3)n2)cc1. The van der Waals surface area contributed by atoms with Gasteiger partial charge in [-0.25, -0.2) is 4.68 Å². The minimum absolute atomic E-state index is 0.147. The van der Waals surface area contributed by atoms with E-state index in [1.54, 1.807) is 18.1 Å². The Labute approximate surface area is 197 Å². The Morgan fingerprint density at radius 1 is 1.12 bits per heavy atom. The molecule has 0 radical (unpaired) electrons. The van der Waals surface area contributed by atoms with Crippen molar-refractivity contribution in [3.05, 3.63) is 72.6 Å². The van der Waals surface area contributed by atoms with Gasteiger partial charge in [0.1, 0.15) is 12.1 Å². The summed E-state index contributed by atoms with van der Waals surface area (Å²) in [5, 5.41) is 16.5. The molecule has 9 heteroatoms. The van der Waals surface area contributed by atoms with E-state index in [1.165, 1.54) is 17.3 Å². The predicted octanol–water partition coefficient (Wildman–Crippen LogP) is 4.07. The van der Waals surface area contributed by atoms with Crippen molar-refractivity contribution in [2.45, 2.75) is 25.0 Å². The zero-order valence-corrected chi connectivity index (χ0v) is 19.5. The summed E-state index contributed by atoms with van der Waals surface area (Å²) in [4.78, 5) is 12.8. The molecule has 8 nitrogen and oxygen atoms in total. The second kappa shape index (κ2) is 10.9. The zero-order chi connectivity index (χ0) is 23.0. The number of ether oxygens (including phenoxy) is 1. The average Bonchev–Trinajstić information content (AvgIpc) is 3.49. The molecule has 0 aliphatic rings. The Kier molecular flexibility index (Phi) is 7.54. The molecule has 1 N–H and O–H groups in total. The molecule has 2 heterocycles. The number of aryl methyl sites for hydroxylation is 1. The molecule has 0 saturated carbocycles. The lowest BCUT2D eigenvalue weighted by molar-refractivity contribution is -0.113. The number of methoxy groups -OCH3 is 1. The number of aromatic nitrogens is 5. The molecule has 0 spiro atoms. The van der Waals surface area contributed by atoms with E-state index in [2.05, 4.69) is 46.7 Å². The molecule has 4 rings (SSSR count). The van der Waals surface area contributed by atoms with Crippen LogP contribution >= 0.6 is 11.8 Å². The summed E-state index contributed by atoms with van der Waals surface area (Å²) in [5.41, 5.74) is 3.93. The highest BCUT2D eigenvalue weighted by atomic mass is 32.2. The number of para-hydroxylation sites is 1. The van der Waals surface area contributed by atoms with E-state index in [4.69, 9.17) is 9.84 Å². The summed E-state index contributed by atoms with van der Waals surface area (Å²) in [6, 6.07) is 20.0. The Morgan fingerprint density at radius 2 is 1.91 bits per heavy atom. The summed E-state index contributed by atoms with van der Waals surface area (Å²) in [6.45, 7) is 3.31. The molecule has 0 atom stereocenters. The van der Waals surface area contributed by atoms with Crippen LogP contribution in [-0.2, 0) is 22.5 Å². The third kappa shape index (κ3) is 5.68. The number of benzene rings is 2. The highest BCUT2D eigenvalue weighted by Gasteiger charge is 2.15. The van der Waals surface area contributed by atoms with E-state index in [9.17, 15) is 4.79 Å². The standard InChI is InChI=1S/C24H26N6O2S/c1-3-18-9-11-19(12-10-18)21-15-22(30(28-21)20-7-5-4-6-8-20)26-23(31)16-33-24-27-25-17-29(24)13-14-32-2/h4-12,15,17H,3,13-14,16H2,1-2H3,(H,26,31). The van der Waals surface area contributed by atoms with Crippen molar-refractivity contribution in [1.29, 1.82) is 0 Å². The number of anilines is 1. The molecular formula is C24H26N6O2S. The molecule has 0 aliphatic heterocycles. The molecule has 0 saturated heterocycles. The summed E-state index contributed by atoms with van der Waals surface area (Å²) < 4.78 is 8.73. The summed E-state index contributed by atoms with van der Waals surface area (Å²) >= 11 is 1.33. The van der Waals surface area contributed by atoms with Gasteiger partial charge in [-0.15, -0.1) is 10.2 Å². The largest absolute Gasteiger partial charge is 0.383 e. The van der Waals surface area contributed by atoms with Gasteiger partial charge in [-0.05, 0) is 24.1 Å². The molecule has 2 aromatic heterocycles. The lowest BCUT2D eigenvalue weighted by atomic mass is 10.1. The van der Waals surface area contributed by atoms with Crippen LogP contribution in [0.25, 0.3) is 16.9 Å². The van der Waals surface area contributed by atoms with E-state index in [-0.39, 0.29) is 11.7 Å². The van der Waals surface area contributed by atoms with Crippen LogP contribution in [0.5, 0.6) is 0 Å². The molecule has 4 aromatic rings. The first-order chi connectivity index (χ1) is 16.2. The van der Waals surface area contributed by atoms with Gasteiger partial charge >= 0.3 is 0 Å². The first-order valence-electron chi connectivity index (χ1n) is 10.7. The number of nitrogens with zero attached hydrogens (tertiary/aromatic N) is 5. The minimum Gasteiger partial charge on any atom is -0.383 e. The number of thioether (sulfide) groups is 1. The zero-order valence-electron chi connectivity index (χ0n) is 18.6. The van der Waals surface area contributed by atoms with Crippen molar-refractivity contribution in [2.24, 2.45) is 0 Å². The second-order valence-corrected chi connectivity index (χ2v) is 8.29. The molecule has 1 amide bonds. The monoisotopic (exact) mass is 462 g/mol. The van der Waals surface area contributed by atoms with Gasteiger partial charge in [0, 0.05) is 25.3 Å². The van der Waals surface area contributed by atoms with E-state index >= 15 is 0 Å². The van der Waals surface area contributed by atoms with Crippen molar-refractivity contribution in [2.75, 3.05) is 24.8 Å². The lowest BCUT2D eigenvalue weighted by Gasteiger charge is -2.09. The number of hydrogen-bond donors (Lipinski definition) is 1. The van der Waals surface area contributed by atoms with Crippen molar-refractivity contribution < 1.29 is 9.53 Å². The van der Waals surface area contributed by atoms with Crippen molar-refractivity contribution in [1.82, 2.24) is 24.5 Å². The summed E-state index contributed by atoms with van der Waals surface area (Å²) in [5.74, 6) is 0.667. The number of hydrogen-bond acceptors (Lipinski definition) is 6. The molecule has 0 bridgehead atoms. The van der Waals surface area contributed by atoms with Gasteiger partial charge in [0.2, 0.25) is 5.91 Å². The van der Waals surface area contributed by atoms with Crippen LogP contribution < -0.4 is 5.32 Å². The molecule has 0 aliphatic carbocycles. The van der Waals surface area contributed by atoms with Crippen LogP contribution in [0.3, 0.4) is 0 Å². The normalized spacial score (nSPS) is 11.0. The maximum atomic E-state index is 12.8. The fraction of sp³-hybridized carbons (Fsp3) is 0.250. The summed E-state index contributed by atoms with van der Waals surface area (Å²) in [6.07, 6.45) is 2.62.